The van der Waals surface area contributed by atoms with E-state index in [4.69, 9.17) is 5.11 Å². The van der Waals surface area contributed by atoms with Crippen molar-refractivity contribution in [2.45, 2.75) is 0 Å². The van der Waals surface area contributed by atoms with E-state index in [-0.39, 0.29) is 11.4 Å². The normalized spacial score (nSPS) is 10.1. The Labute approximate surface area is 103 Å². The van der Waals surface area contributed by atoms with Crippen LogP contribution >= 0.6 is 0 Å². The fraction of sp³-hybridized carbons (Fsp3) is 0.0833. The number of halogens is 1. The van der Waals surface area contributed by atoms with Gasteiger partial charge in [0.15, 0.2) is 5.82 Å². The van der Waals surface area contributed by atoms with E-state index in [1.807, 2.05) is 0 Å². The van der Waals surface area contributed by atoms with Crippen LogP contribution < -0.4 is 4.90 Å². The van der Waals surface area contributed by atoms with Crippen LogP contribution in [0.25, 0.3) is 0 Å². The van der Waals surface area contributed by atoms with E-state index in [0.29, 0.717) is 5.69 Å². The molecule has 1 aromatic carbocycles. The van der Waals surface area contributed by atoms with Gasteiger partial charge < -0.3 is 10.0 Å². The third-order valence-electron chi connectivity index (χ3n) is 2.43. The smallest absolute Gasteiger partial charge is 0.341 e. The van der Waals surface area contributed by atoms with Crippen LogP contribution in [0, 0.1) is 5.82 Å². The van der Waals surface area contributed by atoms with Crippen LogP contribution in [0.1, 0.15) is 10.4 Å². The highest BCUT2D eigenvalue weighted by molar-refractivity contribution is 5.93. The number of carboxylic acids is 1. The monoisotopic (exact) mass is 247 g/mol. The van der Waals surface area contributed by atoms with Crippen LogP contribution in [-0.2, 0) is 0 Å². The van der Waals surface area contributed by atoms with Crippen LogP contribution in [0.3, 0.4) is 0 Å². The summed E-state index contributed by atoms with van der Waals surface area (Å²) in [4.78, 5) is 20.1. The molecule has 0 atom stereocenters. The highest BCUT2D eigenvalue weighted by atomic mass is 19.1. The number of rotatable bonds is 3. The highest BCUT2D eigenvalue weighted by Gasteiger charge is 2.16. The highest BCUT2D eigenvalue weighted by Crippen LogP contribution is 2.24. The third-order valence-corrected chi connectivity index (χ3v) is 2.43. The molecule has 0 saturated heterocycles. The molecule has 1 N–H and O–H groups in total. The molecule has 0 aliphatic carbocycles. The van der Waals surface area contributed by atoms with E-state index in [1.54, 1.807) is 19.2 Å². The van der Waals surface area contributed by atoms with E-state index < -0.39 is 11.8 Å². The molecule has 0 radical (unpaired) electrons. The molecule has 2 aromatic rings. The number of benzene rings is 1. The number of aromatic nitrogens is 2. The maximum absolute atomic E-state index is 13.1. The Morgan fingerprint density at radius 1 is 1.44 bits per heavy atom. The van der Waals surface area contributed by atoms with Crippen LogP contribution in [0.4, 0.5) is 15.9 Å². The minimum absolute atomic E-state index is 0.0377. The maximum Gasteiger partial charge on any atom is 0.341 e. The van der Waals surface area contributed by atoms with E-state index in [9.17, 15) is 9.18 Å². The van der Waals surface area contributed by atoms with Gasteiger partial charge in [-0.1, -0.05) is 6.07 Å². The van der Waals surface area contributed by atoms with Crippen LogP contribution in [-0.4, -0.2) is 28.1 Å². The van der Waals surface area contributed by atoms with Crippen molar-refractivity contribution in [1.29, 1.82) is 0 Å². The lowest BCUT2D eigenvalue weighted by atomic mass is 10.2. The lowest BCUT2D eigenvalue weighted by Gasteiger charge is -2.19. The van der Waals surface area contributed by atoms with Gasteiger partial charge in [0.2, 0.25) is 0 Å². The predicted octanol–water partition coefficient (Wildman–Crippen LogP) is 2.08. The zero-order chi connectivity index (χ0) is 13.1. The third kappa shape index (κ3) is 2.27. The predicted molar refractivity (Wildman–Crippen MR) is 63.5 cm³/mol. The van der Waals surface area contributed by atoms with Gasteiger partial charge in [-0.2, -0.15) is 0 Å². The summed E-state index contributed by atoms with van der Waals surface area (Å²) in [5.41, 5.74) is 0.473. The minimum Gasteiger partial charge on any atom is -0.477 e. The second-order valence-electron chi connectivity index (χ2n) is 3.60. The Morgan fingerprint density at radius 3 is 2.89 bits per heavy atom. The molecule has 0 bridgehead atoms. The number of hydrogen-bond donors (Lipinski definition) is 1. The minimum atomic E-state index is -1.13. The molecule has 92 valence electrons. The van der Waals surface area contributed by atoms with E-state index >= 15 is 0 Å². The molecule has 6 heteroatoms. The zero-order valence-electron chi connectivity index (χ0n) is 9.54. The molecule has 0 aliphatic rings. The molecule has 0 unspecified atom stereocenters. The summed E-state index contributed by atoms with van der Waals surface area (Å²) in [6.45, 7) is 0. The molecule has 0 aliphatic heterocycles. The largest absolute Gasteiger partial charge is 0.477 e. The van der Waals surface area contributed by atoms with Crippen molar-refractivity contribution < 1.29 is 14.3 Å². The Hall–Kier alpha value is -2.50. The summed E-state index contributed by atoms with van der Waals surface area (Å²) in [5.74, 6) is -1.32. The van der Waals surface area contributed by atoms with Gasteiger partial charge in [0, 0.05) is 18.9 Å². The lowest BCUT2D eigenvalue weighted by Crippen LogP contribution is -2.16. The van der Waals surface area contributed by atoms with Crippen LogP contribution in [0.2, 0.25) is 0 Å². The Morgan fingerprint density at radius 2 is 2.22 bits per heavy atom. The van der Waals surface area contributed by atoms with Gasteiger partial charge in [-0.3, -0.25) is 0 Å². The molecule has 1 heterocycles. The molecular formula is C12H10FN3O2. The quantitative estimate of drug-likeness (QED) is 0.899. The first-order chi connectivity index (χ1) is 8.59. The molecule has 0 spiro atoms. The summed E-state index contributed by atoms with van der Waals surface area (Å²) in [6.07, 6.45) is 2.46. The number of anilines is 2. The summed E-state index contributed by atoms with van der Waals surface area (Å²) < 4.78 is 13.1. The summed E-state index contributed by atoms with van der Waals surface area (Å²) >= 11 is 0. The molecule has 2 rings (SSSR count). The zero-order valence-corrected chi connectivity index (χ0v) is 9.54. The van der Waals surface area contributed by atoms with Gasteiger partial charge in [0.25, 0.3) is 0 Å². The molecule has 5 nitrogen and oxygen atoms in total. The second kappa shape index (κ2) is 4.79. The van der Waals surface area contributed by atoms with Crippen LogP contribution in [0.5, 0.6) is 0 Å². The lowest BCUT2D eigenvalue weighted by molar-refractivity contribution is 0.0697. The number of hydrogen-bond acceptors (Lipinski definition) is 4. The first-order valence-electron chi connectivity index (χ1n) is 5.12. The average Bonchev–Trinajstić information content (AvgIpc) is 2.38. The average molecular weight is 247 g/mol. The van der Waals surface area contributed by atoms with Gasteiger partial charge in [-0.25, -0.2) is 19.2 Å². The molecule has 18 heavy (non-hydrogen) atoms. The Bertz CT molecular complexity index is 589. The van der Waals surface area contributed by atoms with Crippen molar-refractivity contribution in [3.63, 3.8) is 0 Å². The van der Waals surface area contributed by atoms with Crippen LogP contribution in [0.15, 0.2) is 36.8 Å². The number of aromatic carboxylic acids is 1. The molecular weight excluding hydrogens is 237 g/mol. The van der Waals surface area contributed by atoms with Crippen molar-refractivity contribution >= 4 is 17.5 Å². The molecule has 0 fully saturated rings. The number of carboxylic acid groups (broad SMARTS) is 1. The van der Waals surface area contributed by atoms with Crippen molar-refractivity contribution in [2.75, 3.05) is 11.9 Å². The van der Waals surface area contributed by atoms with Gasteiger partial charge in [0.1, 0.15) is 17.7 Å². The first kappa shape index (κ1) is 12.0. The summed E-state index contributed by atoms with van der Waals surface area (Å²) in [7, 11) is 1.61. The van der Waals surface area contributed by atoms with Gasteiger partial charge in [-0.15, -0.1) is 0 Å². The van der Waals surface area contributed by atoms with Crippen molar-refractivity contribution in [2.24, 2.45) is 0 Å². The second-order valence-corrected chi connectivity index (χ2v) is 3.60. The fourth-order valence-corrected chi connectivity index (χ4v) is 1.55. The fourth-order valence-electron chi connectivity index (χ4n) is 1.55. The Balaban J connectivity index is 2.46. The van der Waals surface area contributed by atoms with Gasteiger partial charge in [-0.05, 0) is 18.2 Å². The summed E-state index contributed by atoms with van der Waals surface area (Å²) in [6, 6.07) is 5.82. The SMILES string of the molecule is CN(c1cccc(F)c1)c1ncncc1C(=O)O. The van der Waals surface area contributed by atoms with E-state index in [2.05, 4.69) is 9.97 Å². The molecule has 1 aromatic heterocycles. The van der Waals surface area contributed by atoms with Gasteiger partial charge in [0.05, 0.1) is 0 Å². The number of carbonyl (C=O) groups is 1. The summed E-state index contributed by atoms with van der Waals surface area (Å²) in [5, 5.41) is 9.04. The van der Waals surface area contributed by atoms with Crippen molar-refractivity contribution in [1.82, 2.24) is 9.97 Å². The maximum atomic E-state index is 13.1. The topological polar surface area (TPSA) is 66.3 Å². The standard InChI is InChI=1S/C12H10FN3O2/c1-16(9-4-2-3-8(13)5-9)11-10(12(17)18)6-14-7-15-11/h2-7H,1H3,(H,17,18). The molecule has 0 saturated carbocycles. The van der Waals surface area contributed by atoms with E-state index in [0.717, 1.165) is 0 Å². The van der Waals surface area contributed by atoms with E-state index in [1.165, 1.54) is 29.6 Å². The van der Waals surface area contributed by atoms with Crippen molar-refractivity contribution in [3.8, 4) is 0 Å². The van der Waals surface area contributed by atoms with Gasteiger partial charge >= 0.3 is 5.97 Å². The first-order valence-corrected chi connectivity index (χ1v) is 5.12. The Kier molecular flexibility index (Phi) is 3.18. The molecule has 0 amide bonds. The van der Waals surface area contributed by atoms with Crippen molar-refractivity contribution in [3.05, 3.63) is 48.2 Å². The number of nitrogens with zero attached hydrogens (tertiary/aromatic N) is 3.